The summed E-state index contributed by atoms with van der Waals surface area (Å²) in [4.78, 5) is 4.79. The zero-order chi connectivity index (χ0) is 17.2. The lowest BCUT2D eigenvalue weighted by Crippen LogP contribution is -1.99. The van der Waals surface area contributed by atoms with Gasteiger partial charge in [-0.25, -0.2) is 13.4 Å². The van der Waals surface area contributed by atoms with Crippen LogP contribution in [0, 0.1) is 6.92 Å². The Morgan fingerprint density at radius 1 is 1.12 bits per heavy atom. The number of thiazole rings is 1. The molecule has 0 radical (unpaired) electrons. The molecule has 24 heavy (non-hydrogen) atoms. The summed E-state index contributed by atoms with van der Waals surface area (Å²) in [5.74, 6) is 0.755. The molecule has 1 heterocycles. The van der Waals surface area contributed by atoms with Crippen molar-refractivity contribution >= 4 is 21.2 Å². The largest absolute Gasteiger partial charge is 0.489 e. The minimum Gasteiger partial charge on any atom is -0.489 e. The highest BCUT2D eigenvalue weighted by Gasteiger charge is 2.07. The molecule has 3 aromatic rings. The Kier molecular flexibility index (Phi) is 4.69. The second-order valence-electron chi connectivity index (χ2n) is 5.48. The highest BCUT2D eigenvalue weighted by Crippen LogP contribution is 2.25. The quantitative estimate of drug-likeness (QED) is 0.688. The molecule has 0 saturated heterocycles. The molecule has 0 atom stereocenters. The fourth-order valence-corrected chi connectivity index (χ4v) is 3.49. The zero-order valence-corrected chi connectivity index (χ0v) is 15.0. The maximum atomic E-state index is 11.5. The molecule has 0 aliphatic carbocycles. The standard InChI is InChI=1S/C18H17NO3S2/c1-13-19-18(12-23-13)15-4-3-5-16(10-15)22-11-14-6-8-17(9-7-14)24(2,20)21/h3-10,12H,11H2,1-2H3. The molecule has 0 N–H and O–H groups in total. The molecule has 0 amide bonds. The third-order valence-electron chi connectivity index (χ3n) is 3.51. The molecule has 0 aliphatic rings. The molecule has 6 heteroatoms. The first kappa shape index (κ1) is 16.7. The summed E-state index contributed by atoms with van der Waals surface area (Å²) < 4.78 is 28.7. The first-order valence-corrected chi connectivity index (χ1v) is 10.1. The van der Waals surface area contributed by atoms with E-state index < -0.39 is 9.84 Å². The van der Waals surface area contributed by atoms with E-state index in [-0.39, 0.29) is 0 Å². The minimum atomic E-state index is -3.17. The second-order valence-corrected chi connectivity index (χ2v) is 8.56. The van der Waals surface area contributed by atoms with Crippen molar-refractivity contribution < 1.29 is 13.2 Å². The molecule has 3 rings (SSSR count). The highest BCUT2D eigenvalue weighted by atomic mass is 32.2. The SMILES string of the molecule is Cc1nc(-c2cccc(OCc3ccc(S(C)(=O)=O)cc3)c2)cs1. The minimum absolute atomic E-state index is 0.312. The molecule has 0 bridgehead atoms. The zero-order valence-electron chi connectivity index (χ0n) is 13.4. The average molecular weight is 359 g/mol. The summed E-state index contributed by atoms with van der Waals surface area (Å²) in [6.45, 7) is 2.36. The molecule has 0 aliphatic heterocycles. The Morgan fingerprint density at radius 2 is 1.88 bits per heavy atom. The lowest BCUT2D eigenvalue weighted by Gasteiger charge is -2.08. The molecular weight excluding hydrogens is 342 g/mol. The van der Waals surface area contributed by atoms with E-state index in [4.69, 9.17) is 4.74 Å². The number of sulfone groups is 1. The normalized spacial score (nSPS) is 11.4. The van der Waals surface area contributed by atoms with Gasteiger partial charge in [-0.3, -0.25) is 0 Å². The van der Waals surface area contributed by atoms with Gasteiger partial charge in [0.2, 0.25) is 0 Å². The van der Waals surface area contributed by atoms with Crippen LogP contribution in [0.2, 0.25) is 0 Å². The van der Waals surface area contributed by atoms with E-state index in [9.17, 15) is 8.42 Å². The van der Waals surface area contributed by atoms with E-state index in [0.29, 0.717) is 11.5 Å². The Morgan fingerprint density at radius 3 is 2.50 bits per heavy atom. The van der Waals surface area contributed by atoms with Crippen molar-refractivity contribution in [2.45, 2.75) is 18.4 Å². The second kappa shape index (κ2) is 6.75. The lowest BCUT2D eigenvalue weighted by molar-refractivity contribution is 0.306. The van der Waals surface area contributed by atoms with Crippen LogP contribution in [-0.2, 0) is 16.4 Å². The van der Waals surface area contributed by atoms with Crippen molar-refractivity contribution in [3.05, 3.63) is 64.5 Å². The molecule has 0 fully saturated rings. The van der Waals surface area contributed by atoms with Crippen LogP contribution < -0.4 is 4.74 Å². The Bertz CT molecular complexity index is 944. The van der Waals surface area contributed by atoms with Crippen molar-refractivity contribution in [1.82, 2.24) is 4.98 Å². The lowest BCUT2D eigenvalue weighted by atomic mass is 10.1. The fraction of sp³-hybridized carbons (Fsp3) is 0.167. The number of nitrogens with zero attached hydrogens (tertiary/aromatic N) is 1. The Hall–Kier alpha value is -2.18. The summed E-state index contributed by atoms with van der Waals surface area (Å²) in [6.07, 6.45) is 1.20. The fourth-order valence-electron chi connectivity index (χ4n) is 2.24. The van der Waals surface area contributed by atoms with E-state index in [1.807, 2.05) is 36.6 Å². The molecule has 0 saturated carbocycles. The number of aryl methyl sites for hydroxylation is 1. The van der Waals surface area contributed by atoms with Crippen LogP contribution >= 0.6 is 11.3 Å². The number of ether oxygens (including phenoxy) is 1. The van der Waals surface area contributed by atoms with Crippen molar-refractivity contribution in [3.8, 4) is 17.0 Å². The van der Waals surface area contributed by atoms with Crippen molar-refractivity contribution in [3.63, 3.8) is 0 Å². The third-order valence-corrected chi connectivity index (χ3v) is 5.41. The average Bonchev–Trinajstić information content (AvgIpc) is 2.99. The topological polar surface area (TPSA) is 56.3 Å². The molecule has 0 spiro atoms. The van der Waals surface area contributed by atoms with Gasteiger partial charge in [0.1, 0.15) is 12.4 Å². The molecule has 0 unspecified atom stereocenters. The van der Waals surface area contributed by atoms with Crippen molar-refractivity contribution in [1.29, 1.82) is 0 Å². The molecule has 124 valence electrons. The van der Waals surface area contributed by atoms with Gasteiger partial charge >= 0.3 is 0 Å². The number of benzene rings is 2. The van der Waals surface area contributed by atoms with Gasteiger partial charge in [-0.05, 0) is 36.8 Å². The van der Waals surface area contributed by atoms with Gasteiger partial charge in [-0.15, -0.1) is 11.3 Å². The first-order chi connectivity index (χ1) is 11.4. The predicted molar refractivity (Wildman–Crippen MR) is 96.2 cm³/mol. The van der Waals surface area contributed by atoms with Crippen molar-refractivity contribution in [2.24, 2.45) is 0 Å². The van der Waals surface area contributed by atoms with Crippen LogP contribution in [0.25, 0.3) is 11.3 Å². The van der Waals surface area contributed by atoms with E-state index in [1.165, 1.54) is 6.26 Å². The number of rotatable bonds is 5. The maximum Gasteiger partial charge on any atom is 0.175 e. The van der Waals surface area contributed by atoms with Gasteiger partial charge in [0.25, 0.3) is 0 Å². The smallest absolute Gasteiger partial charge is 0.175 e. The van der Waals surface area contributed by atoms with E-state index in [2.05, 4.69) is 4.98 Å². The van der Waals surface area contributed by atoms with Crippen LogP contribution in [-0.4, -0.2) is 19.7 Å². The Labute approximate surface area is 145 Å². The van der Waals surface area contributed by atoms with E-state index in [1.54, 1.807) is 35.6 Å². The maximum absolute atomic E-state index is 11.5. The van der Waals surface area contributed by atoms with E-state index in [0.717, 1.165) is 27.6 Å². The third kappa shape index (κ3) is 4.01. The van der Waals surface area contributed by atoms with Gasteiger partial charge in [0, 0.05) is 17.2 Å². The van der Waals surface area contributed by atoms with Crippen LogP contribution in [0.4, 0.5) is 0 Å². The van der Waals surface area contributed by atoms with E-state index >= 15 is 0 Å². The monoisotopic (exact) mass is 359 g/mol. The summed E-state index contributed by atoms with van der Waals surface area (Å²) in [6, 6.07) is 14.5. The highest BCUT2D eigenvalue weighted by molar-refractivity contribution is 7.90. The van der Waals surface area contributed by atoms with Crippen LogP contribution in [0.15, 0.2) is 58.8 Å². The number of aromatic nitrogens is 1. The van der Waals surface area contributed by atoms with Crippen LogP contribution in [0.3, 0.4) is 0 Å². The predicted octanol–water partition coefficient (Wildman–Crippen LogP) is 4.10. The summed E-state index contributed by atoms with van der Waals surface area (Å²) in [7, 11) is -3.17. The Balaban J connectivity index is 1.71. The molecular formula is C18H17NO3S2. The van der Waals surface area contributed by atoms with Gasteiger partial charge in [-0.1, -0.05) is 24.3 Å². The van der Waals surface area contributed by atoms with Gasteiger partial charge in [0.05, 0.1) is 15.6 Å². The molecule has 4 nitrogen and oxygen atoms in total. The van der Waals surface area contributed by atoms with Crippen LogP contribution in [0.5, 0.6) is 5.75 Å². The van der Waals surface area contributed by atoms with Crippen molar-refractivity contribution in [2.75, 3.05) is 6.26 Å². The van der Waals surface area contributed by atoms with Crippen LogP contribution in [0.1, 0.15) is 10.6 Å². The summed E-state index contributed by atoms with van der Waals surface area (Å²) >= 11 is 1.62. The summed E-state index contributed by atoms with van der Waals surface area (Å²) in [5, 5.41) is 3.06. The van der Waals surface area contributed by atoms with Gasteiger partial charge < -0.3 is 4.74 Å². The van der Waals surface area contributed by atoms with Gasteiger partial charge in [0.15, 0.2) is 9.84 Å². The first-order valence-electron chi connectivity index (χ1n) is 7.36. The number of hydrogen-bond donors (Lipinski definition) is 0. The molecule has 1 aromatic heterocycles. The summed E-state index contributed by atoms with van der Waals surface area (Å²) in [5.41, 5.74) is 2.88. The molecule has 2 aromatic carbocycles. The number of hydrogen-bond acceptors (Lipinski definition) is 5. The van der Waals surface area contributed by atoms with Gasteiger partial charge in [-0.2, -0.15) is 0 Å².